The van der Waals surface area contributed by atoms with Gasteiger partial charge in [-0.25, -0.2) is 0 Å². The van der Waals surface area contributed by atoms with Gasteiger partial charge in [0.25, 0.3) is 0 Å². The number of hydrogen-bond acceptors (Lipinski definition) is 4. The molecule has 102 valence electrons. The average Bonchev–Trinajstić information content (AvgIpc) is 2.46. The fraction of sp³-hybridized carbons (Fsp3) is 0.286. The van der Waals surface area contributed by atoms with Crippen LogP contribution >= 0.6 is 7.60 Å². The van der Waals surface area contributed by atoms with Crippen LogP contribution in [0.4, 0.5) is 0 Å². The van der Waals surface area contributed by atoms with Gasteiger partial charge in [0, 0.05) is 14.2 Å². The van der Waals surface area contributed by atoms with Crippen LogP contribution in [0.3, 0.4) is 0 Å². The number of aliphatic hydroxyl groups is 1. The van der Waals surface area contributed by atoms with E-state index in [9.17, 15) is 9.67 Å². The molecular weight excluding hydrogens is 263 g/mol. The van der Waals surface area contributed by atoms with Crippen molar-refractivity contribution in [3.8, 4) is 0 Å². The molecule has 0 aliphatic rings. The first-order valence-corrected chi connectivity index (χ1v) is 7.68. The standard InChI is InChI=1S/C14H17O4P/c1-17-19(16,18-2)10-14(15)13-8-7-11-5-3-4-6-12(11)9-13/h3-9,14-15H,10H2,1-2H3. The van der Waals surface area contributed by atoms with Gasteiger partial charge >= 0.3 is 7.60 Å². The van der Waals surface area contributed by atoms with Crippen LogP contribution in [0.25, 0.3) is 10.8 Å². The van der Waals surface area contributed by atoms with Crippen LogP contribution in [-0.2, 0) is 13.6 Å². The van der Waals surface area contributed by atoms with Crippen LogP contribution in [0.2, 0.25) is 0 Å². The zero-order chi connectivity index (χ0) is 13.9. The molecule has 19 heavy (non-hydrogen) atoms. The van der Waals surface area contributed by atoms with Gasteiger partial charge < -0.3 is 14.2 Å². The molecule has 5 heteroatoms. The van der Waals surface area contributed by atoms with Gasteiger partial charge in [-0.05, 0) is 22.4 Å². The second kappa shape index (κ2) is 5.85. The molecule has 0 bridgehead atoms. The second-order valence-corrected chi connectivity index (χ2v) is 6.60. The van der Waals surface area contributed by atoms with E-state index in [1.54, 1.807) is 0 Å². The molecule has 0 heterocycles. The molecule has 0 radical (unpaired) electrons. The zero-order valence-corrected chi connectivity index (χ0v) is 11.8. The van der Waals surface area contributed by atoms with Crippen molar-refractivity contribution in [2.24, 2.45) is 0 Å². The zero-order valence-electron chi connectivity index (χ0n) is 10.9. The van der Waals surface area contributed by atoms with Gasteiger partial charge in [0.05, 0.1) is 12.3 Å². The third-order valence-electron chi connectivity index (χ3n) is 3.11. The van der Waals surface area contributed by atoms with Gasteiger partial charge in [0.15, 0.2) is 0 Å². The summed E-state index contributed by atoms with van der Waals surface area (Å²) >= 11 is 0. The molecule has 0 aromatic heterocycles. The molecule has 2 aromatic carbocycles. The Morgan fingerprint density at radius 2 is 1.74 bits per heavy atom. The first-order chi connectivity index (χ1) is 9.08. The summed E-state index contributed by atoms with van der Waals surface area (Å²) in [4.78, 5) is 0. The molecule has 0 saturated heterocycles. The Bertz CT molecular complexity index is 603. The minimum atomic E-state index is -3.21. The molecule has 0 spiro atoms. The summed E-state index contributed by atoms with van der Waals surface area (Å²) in [5.74, 6) is 0. The Labute approximate surface area is 112 Å². The smallest absolute Gasteiger partial charge is 0.333 e. The molecule has 4 nitrogen and oxygen atoms in total. The first-order valence-electron chi connectivity index (χ1n) is 5.95. The first kappa shape index (κ1) is 14.2. The molecule has 1 atom stereocenters. The summed E-state index contributed by atoms with van der Waals surface area (Å²) in [6.07, 6.45) is -0.937. The van der Waals surface area contributed by atoms with Crippen molar-refractivity contribution in [3.63, 3.8) is 0 Å². The van der Waals surface area contributed by atoms with Crippen molar-refractivity contribution in [3.05, 3.63) is 48.0 Å². The van der Waals surface area contributed by atoms with Crippen molar-refractivity contribution in [1.82, 2.24) is 0 Å². The highest BCUT2D eigenvalue weighted by atomic mass is 31.2. The van der Waals surface area contributed by atoms with E-state index in [4.69, 9.17) is 9.05 Å². The Morgan fingerprint density at radius 3 is 2.37 bits per heavy atom. The maximum absolute atomic E-state index is 12.0. The van der Waals surface area contributed by atoms with Gasteiger partial charge in [-0.3, -0.25) is 4.57 Å². The highest BCUT2D eigenvalue weighted by molar-refractivity contribution is 7.53. The Hall–Kier alpha value is -1.19. The predicted molar refractivity (Wildman–Crippen MR) is 75.4 cm³/mol. The fourth-order valence-electron chi connectivity index (χ4n) is 1.96. The van der Waals surface area contributed by atoms with E-state index in [1.165, 1.54) is 14.2 Å². The number of rotatable bonds is 5. The Morgan fingerprint density at radius 1 is 1.11 bits per heavy atom. The fourth-order valence-corrected chi connectivity index (χ4v) is 3.04. The van der Waals surface area contributed by atoms with E-state index in [1.807, 2.05) is 42.5 Å². The van der Waals surface area contributed by atoms with Crippen LogP contribution < -0.4 is 0 Å². The molecule has 0 saturated carbocycles. The molecule has 0 aliphatic carbocycles. The van der Waals surface area contributed by atoms with Gasteiger partial charge in [-0.2, -0.15) is 0 Å². The molecule has 0 aliphatic heterocycles. The van der Waals surface area contributed by atoms with Gasteiger partial charge in [0.1, 0.15) is 0 Å². The third kappa shape index (κ3) is 3.23. The quantitative estimate of drug-likeness (QED) is 0.853. The van der Waals surface area contributed by atoms with Crippen molar-refractivity contribution in [2.45, 2.75) is 6.10 Å². The maximum Gasteiger partial charge on any atom is 0.333 e. The lowest BCUT2D eigenvalue weighted by atomic mass is 10.0. The van der Waals surface area contributed by atoms with E-state index < -0.39 is 13.7 Å². The van der Waals surface area contributed by atoms with E-state index >= 15 is 0 Å². The second-order valence-electron chi connectivity index (χ2n) is 4.28. The van der Waals surface area contributed by atoms with Crippen LogP contribution in [-0.4, -0.2) is 25.5 Å². The van der Waals surface area contributed by atoms with Gasteiger partial charge in [0.2, 0.25) is 0 Å². The molecular formula is C14H17O4P. The molecule has 0 fully saturated rings. The SMILES string of the molecule is COP(=O)(CC(O)c1ccc2ccccc2c1)OC. The highest BCUT2D eigenvalue weighted by Crippen LogP contribution is 2.49. The number of aliphatic hydroxyl groups excluding tert-OH is 1. The highest BCUT2D eigenvalue weighted by Gasteiger charge is 2.26. The van der Waals surface area contributed by atoms with E-state index in [0.717, 1.165) is 10.8 Å². The van der Waals surface area contributed by atoms with E-state index in [2.05, 4.69) is 0 Å². The van der Waals surface area contributed by atoms with Crippen LogP contribution in [0.1, 0.15) is 11.7 Å². The molecule has 1 unspecified atom stereocenters. The summed E-state index contributed by atoms with van der Waals surface area (Å²) < 4.78 is 21.7. The Balaban J connectivity index is 2.26. The predicted octanol–water partition coefficient (Wildman–Crippen LogP) is 3.36. The van der Waals surface area contributed by atoms with Crippen molar-refractivity contribution < 1.29 is 18.7 Å². The number of benzene rings is 2. The average molecular weight is 280 g/mol. The minimum absolute atomic E-state index is 0.0572. The molecule has 0 amide bonds. The summed E-state index contributed by atoms with van der Waals surface area (Å²) in [7, 11) is -0.579. The van der Waals surface area contributed by atoms with Crippen molar-refractivity contribution >= 4 is 18.4 Å². The lowest BCUT2D eigenvalue weighted by molar-refractivity contribution is 0.184. The summed E-state index contributed by atoms with van der Waals surface area (Å²) in [6.45, 7) is 0. The molecule has 2 rings (SSSR count). The lowest BCUT2D eigenvalue weighted by Crippen LogP contribution is -2.06. The normalized spacial score (nSPS) is 13.6. The van der Waals surface area contributed by atoms with Gasteiger partial charge in [-0.15, -0.1) is 0 Å². The monoisotopic (exact) mass is 280 g/mol. The molecule has 2 aromatic rings. The third-order valence-corrected chi connectivity index (χ3v) is 5.02. The van der Waals surface area contributed by atoms with Crippen molar-refractivity contribution in [2.75, 3.05) is 20.4 Å². The lowest BCUT2D eigenvalue weighted by Gasteiger charge is -2.18. The van der Waals surface area contributed by atoms with Crippen LogP contribution in [0.15, 0.2) is 42.5 Å². The van der Waals surface area contributed by atoms with Crippen LogP contribution in [0.5, 0.6) is 0 Å². The number of hydrogen-bond donors (Lipinski definition) is 1. The Kier molecular flexibility index (Phi) is 4.38. The number of fused-ring (bicyclic) bond motifs is 1. The van der Waals surface area contributed by atoms with Crippen molar-refractivity contribution in [1.29, 1.82) is 0 Å². The largest absolute Gasteiger partial charge is 0.388 e. The summed E-state index contributed by atoms with van der Waals surface area (Å²) in [6, 6.07) is 13.5. The topological polar surface area (TPSA) is 55.8 Å². The summed E-state index contributed by atoms with van der Waals surface area (Å²) in [5, 5.41) is 12.3. The van der Waals surface area contributed by atoms with Crippen LogP contribution in [0, 0.1) is 0 Å². The summed E-state index contributed by atoms with van der Waals surface area (Å²) in [5.41, 5.74) is 0.702. The van der Waals surface area contributed by atoms with Gasteiger partial charge in [-0.1, -0.05) is 36.4 Å². The van der Waals surface area contributed by atoms with E-state index in [-0.39, 0.29) is 6.16 Å². The minimum Gasteiger partial charge on any atom is -0.388 e. The molecule has 1 N–H and O–H groups in total. The maximum atomic E-state index is 12.0. The van der Waals surface area contributed by atoms with E-state index in [0.29, 0.717) is 5.56 Å².